The summed E-state index contributed by atoms with van der Waals surface area (Å²) in [6, 6.07) is 9.71. The van der Waals surface area contributed by atoms with Crippen molar-refractivity contribution in [3.8, 4) is 5.75 Å². The number of fused-ring (bicyclic) bond motifs is 1. The van der Waals surface area contributed by atoms with Crippen molar-refractivity contribution in [3.63, 3.8) is 0 Å². The molecule has 122 valence electrons. The average Bonchev–Trinajstić information content (AvgIpc) is 2.57. The molecule has 6 heteroatoms. The van der Waals surface area contributed by atoms with Gasteiger partial charge in [0.25, 0.3) is 0 Å². The molecule has 0 atom stereocenters. The molecule has 3 aromatic rings. The number of ether oxygens (including phenoxy) is 1. The summed E-state index contributed by atoms with van der Waals surface area (Å²) in [4.78, 5) is 26.0. The monoisotopic (exact) mass is 322 g/mol. The van der Waals surface area contributed by atoms with Crippen LogP contribution in [0.1, 0.15) is 17.3 Å². The maximum atomic E-state index is 11.8. The van der Waals surface area contributed by atoms with Gasteiger partial charge in [0.2, 0.25) is 5.43 Å². The molecule has 3 heterocycles. The molecule has 0 aliphatic carbocycles. The Hall–Kier alpha value is -2.73. The molecule has 6 nitrogen and oxygen atoms in total. The summed E-state index contributed by atoms with van der Waals surface area (Å²) >= 11 is 0. The van der Waals surface area contributed by atoms with Gasteiger partial charge in [-0.1, -0.05) is 18.2 Å². The Morgan fingerprint density at radius 2 is 2.12 bits per heavy atom. The van der Waals surface area contributed by atoms with Crippen LogP contribution >= 0.6 is 0 Å². The van der Waals surface area contributed by atoms with E-state index in [1.54, 1.807) is 18.6 Å². The smallest absolute Gasteiger partial charge is 0.223 e. The van der Waals surface area contributed by atoms with Gasteiger partial charge in [-0.3, -0.25) is 9.69 Å². The van der Waals surface area contributed by atoms with E-state index in [2.05, 4.69) is 25.9 Å². The zero-order valence-electron chi connectivity index (χ0n) is 13.4. The molecule has 0 radical (unpaired) electrons. The molecule has 0 unspecified atom stereocenters. The first-order valence-electron chi connectivity index (χ1n) is 7.92. The Balaban J connectivity index is 1.46. The van der Waals surface area contributed by atoms with Crippen LogP contribution in [-0.2, 0) is 6.54 Å². The molecule has 24 heavy (non-hydrogen) atoms. The minimum atomic E-state index is -0.0925. The number of aromatic amines is 1. The fourth-order valence-electron chi connectivity index (χ4n) is 3.21. The van der Waals surface area contributed by atoms with Crippen LogP contribution in [0.2, 0.25) is 0 Å². The third-order valence-corrected chi connectivity index (χ3v) is 4.47. The van der Waals surface area contributed by atoms with Crippen LogP contribution in [0.3, 0.4) is 0 Å². The molecule has 1 aromatic carbocycles. The molecular formula is C18H18N4O2. The first kappa shape index (κ1) is 14.8. The number of likely N-dealkylation sites (tertiary alicyclic amines) is 1. The number of methoxy groups -OCH3 is 1. The normalized spacial score (nSPS) is 15.4. The van der Waals surface area contributed by atoms with Crippen molar-refractivity contribution in [2.45, 2.75) is 12.5 Å². The summed E-state index contributed by atoms with van der Waals surface area (Å²) in [6.45, 7) is 2.57. The first-order valence-corrected chi connectivity index (χ1v) is 7.92. The topological polar surface area (TPSA) is 71.1 Å². The zero-order valence-corrected chi connectivity index (χ0v) is 13.4. The van der Waals surface area contributed by atoms with Gasteiger partial charge in [-0.2, -0.15) is 0 Å². The molecule has 1 saturated heterocycles. The van der Waals surface area contributed by atoms with E-state index in [0.29, 0.717) is 11.7 Å². The van der Waals surface area contributed by atoms with E-state index in [0.717, 1.165) is 41.9 Å². The fraction of sp³-hybridized carbons (Fsp3) is 0.278. The number of H-pyrrole nitrogens is 1. The molecular weight excluding hydrogens is 304 g/mol. The van der Waals surface area contributed by atoms with Gasteiger partial charge >= 0.3 is 0 Å². The van der Waals surface area contributed by atoms with Crippen LogP contribution in [0.5, 0.6) is 5.75 Å². The van der Waals surface area contributed by atoms with Crippen LogP contribution in [0, 0.1) is 0 Å². The SMILES string of the molecule is COc1c[nH]c(CN2CC(c3ncnc4ccccc34)C2)cc1=O. The second-order valence-corrected chi connectivity index (χ2v) is 6.06. The minimum absolute atomic E-state index is 0.0925. The Morgan fingerprint density at radius 3 is 2.92 bits per heavy atom. The molecule has 1 N–H and O–H groups in total. The maximum Gasteiger partial charge on any atom is 0.223 e. The summed E-state index contributed by atoms with van der Waals surface area (Å²) in [6.07, 6.45) is 3.26. The summed E-state index contributed by atoms with van der Waals surface area (Å²) < 4.78 is 4.99. The Kier molecular flexibility index (Phi) is 3.74. The number of nitrogens with zero attached hydrogens (tertiary/aromatic N) is 3. The number of hydrogen-bond donors (Lipinski definition) is 1. The lowest BCUT2D eigenvalue weighted by Gasteiger charge is -2.39. The van der Waals surface area contributed by atoms with Gasteiger partial charge in [0.15, 0.2) is 5.75 Å². The molecule has 0 saturated carbocycles. The number of aromatic nitrogens is 3. The minimum Gasteiger partial charge on any atom is -0.491 e. The summed E-state index contributed by atoms with van der Waals surface area (Å²) in [7, 11) is 1.50. The van der Waals surface area contributed by atoms with Crippen LogP contribution in [0.15, 0.2) is 47.7 Å². The summed E-state index contributed by atoms with van der Waals surface area (Å²) in [5.74, 6) is 0.746. The highest BCUT2D eigenvalue weighted by atomic mass is 16.5. The van der Waals surface area contributed by atoms with Crippen molar-refractivity contribution in [1.29, 1.82) is 0 Å². The lowest BCUT2D eigenvalue weighted by Crippen LogP contribution is -2.44. The van der Waals surface area contributed by atoms with E-state index in [-0.39, 0.29) is 5.43 Å². The van der Waals surface area contributed by atoms with Crippen LogP contribution in [0.4, 0.5) is 0 Å². The van der Waals surface area contributed by atoms with Gasteiger partial charge in [-0.25, -0.2) is 9.97 Å². The average molecular weight is 322 g/mol. The Bertz CT molecular complexity index is 926. The van der Waals surface area contributed by atoms with Crippen LogP contribution < -0.4 is 10.2 Å². The standard InChI is InChI=1S/C18H18N4O2/c1-24-17-7-19-13(6-16(17)23)10-22-8-12(9-22)18-14-4-2-3-5-15(14)20-11-21-18/h2-7,11-12H,8-10H2,1H3,(H,19,23). The maximum absolute atomic E-state index is 11.8. The van der Waals surface area contributed by atoms with E-state index in [4.69, 9.17) is 4.74 Å². The van der Waals surface area contributed by atoms with Gasteiger partial charge in [0.1, 0.15) is 6.33 Å². The second-order valence-electron chi connectivity index (χ2n) is 6.06. The van der Waals surface area contributed by atoms with Gasteiger partial charge < -0.3 is 9.72 Å². The van der Waals surface area contributed by atoms with Crippen molar-refractivity contribution < 1.29 is 4.74 Å². The number of benzene rings is 1. The predicted molar refractivity (Wildman–Crippen MR) is 91.2 cm³/mol. The quantitative estimate of drug-likeness (QED) is 0.795. The number of rotatable bonds is 4. The van der Waals surface area contributed by atoms with E-state index in [1.165, 1.54) is 7.11 Å². The highest BCUT2D eigenvalue weighted by Crippen LogP contribution is 2.30. The number of pyridine rings is 1. The van der Waals surface area contributed by atoms with E-state index in [1.807, 2.05) is 18.2 Å². The molecule has 0 bridgehead atoms. The molecule has 1 aliphatic rings. The number of hydrogen-bond acceptors (Lipinski definition) is 5. The van der Waals surface area contributed by atoms with Gasteiger partial charge in [-0.15, -0.1) is 0 Å². The predicted octanol–water partition coefficient (Wildman–Crippen LogP) is 1.93. The Morgan fingerprint density at radius 1 is 1.29 bits per heavy atom. The molecule has 2 aromatic heterocycles. The third-order valence-electron chi connectivity index (χ3n) is 4.47. The lowest BCUT2D eigenvalue weighted by molar-refractivity contribution is 0.136. The molecule has 1 aliphatic heterocycles. The van der Waals surface area contributed by atoms with Crippen LogP contribution in [0.25, 0.3) is 10.9 Å². The molecule has 0 amide bonds. The van der Waals surface area contributed by atoms with Crippen molar-refractivity contribution in [2.75, 3.05) is 20.2 Å². The van der Waals surface area contributed by atoms with Gasteiger partial charge in [-0.05, 0) is 6.07 Å². The number of nitrogens with one attached hydrogen (secondary N) is 1. The second kappa shape index (κ2) is 6.05. The van der Waals surface area contributed by atoms with Crippen molar-refractivity contribution in [1.82, 2.24) is 19.9 Å². The van der Waals surface area contributed by atoms with Crippen molar-refractivity contribution in [2.24, 2.45) is 0 Å². The molecule has 1 fully saturated rings. The molecule has 4 rings (SSSR count). The van der Waals surface area contributed by atoms with Gasteiger partial charge in [0.05, 0.1) is 18.3 Å². The lowest BCUT2D eigenvalue weighted by atomic mass is 9.93. The van der Waals surface area contributed by atoms with Crippen LogP contribution in [-0.4, -0.2) is 40.1 Å². The highest BCUT2D eigenvalue weighted by molar-refractivity contribution is 5.81. The van der Waals surface area contributed by atoms with Crippen molar-refractivity contribution in [3.05, 3.63) is 64.5 Å². The Labute approximate surface area is 139 Å². The van der Waals surface area contributed by atoms with E-state index >= 15 is 0 Å². The fourth-order valence-corrected chi connectivity index (χ4v) is 3.21. The highest BCUT2D eigenvalue weighted by Gasteiger charge is 2.30. The van der Waals surface area contributed by atoms with E-state index < -0.39 is 0 Å². The largest absolute Gasteiger partial charge is 0.491 e. The van der Waals surface area contributed by atoms with Crippen molar-refractivity contribution >= 4 is 10.9 Å². The van der Waals surface area contributed by atoms with E-state index in [9.17, 15) is 4.79 Å². The number of para-hydroxylation sites is 1. The zero-order chi connectivity index (χ0) is 16.5. The first-order chi connectivity index (χ1) is 11.7. The molecule has 0 spiro atoms. The summed E-state index contributed by atoms with van der Waals surface area (Å²) in [5, 5.41) is 1.13. The summed E-state index contributed by atoms with van der Waals surface area (Å²) in [5.41, 5.74) is 2.90. The third kappa shape index (κ3) is 2.65. The van der Waals surface area contributed by atoms with Gasteiger partial charge in [0, 0.05) is 48.9 Å².